The van der Waals surface area contributed by atoms with E-state index in [0.29, 0.717) is 5.69 Å². The van der Waals surface area contributed by atoms with Crippen LogP contribution in [0.4, 0.5) is 10.5 Å². The minimum Gasteiger partial charge on any atom is -0.496 e. The van der Waals surface area contributed by atoms with Crippen molar-refractivity contribution in [3.8, 4) is 11.4 Å². The maximum atomic E-state index is 12.8. The zero-order chi connectivity index (χ0) is 18.5. The van der Waals surface area contributed by atoms with Crippen molar-refractivity contribution in [2.45, 2.75) is 13.0 Å². The van der Waals surface area contributed by atoms with E-state index >= 15 is 0 Å². The van der Waals surface area contributed by atoms with Gasteiger partial charge in [-0.2, -0.15) is 5.10 Å². The van der Waals surface area contributed by atoms with Crippen LogP contribution in [0.5, 0.6) is 5.75 Å². The largest absolute Gasteiger partial charge is 0.496 e. The number of nitrogens with zero attached hydrogens (tertiary/aromatic N) is 3. The van der Waals surface area contributed by atoms with Crippen LogP contribution < -0.4 is 10.1 Å². The second-order valence-electron chi connectivity index (χ2n) is 5.93. The van der Waals surface area contributed by atoms with Crippen LogP contribution in [0.1, 0.15) is 18.5 Å². The van der Waals surface area contributed by atoms with Gasteiger partial charge in [0.2, 0.25) is 0 Å². The van der Waals surface area contributed by atoms with E-state index in [1.165, 1.54) is 0 Å². The molecule has 134 valence electrons. The minimum absolute atomic E-state index is 0.150. The molecule has 1 N–H and O–H groups in total. The molecule has 0 aliphatic carbocycles. The van der Waals surface area contributed by atoms with Gasteiger partial charge in [-0.05, 0) is 31.2 Å². The molecule has 0 saturated carbocycles. The summed E-state index contributed by atoms with van der Waals surface area (Å²) in [4.78, 5) is 14.4. The minimum atomic E-state index is -0.206. The molecule has 3 rings (SSSR count). The Morgan fingerprint density at radius 1 is 1.15 bits per heavy atom. The molecular formula is C20H22N4O2. The number of anilines is 1. The van der Waals surface area contributed by atoms with Crippen LogP contribution in [0.3, 0.4) is 0 Å². The van der Waals surface area contributed by atoms with Crippen LogP contribution in [0, 0.1) is 0 Å². The van der Waals surface area contributed by atoms with Gasteiger partial charge in [0.25, 0.3) is 0 Å². The van der Waals surface area contributed by atoms with Crippen LogP contribution in [0.2, 0.25) is 0 Å². The maximum Gasteiger partial charge on any atom is 0.322 e. The van der Waals surface area contributed by atoms with Crippen molar-refractivity contribution in [3.63, 3.8) is 0 Å². The molecule has 1 atom stereocenters. The smallest absolute Gasteiger partial charge is 0.322 e. The fourth-order valence-corrected chi connectivity index (χ4v) is 2.79. The van der Waals surface area contributed by atoms with E-state index in [1.807, 2.05) is 67.7 Å². The number of hydrogen-bond acceptors (Lipinski definition) is 3. The van der Waals surface area contributed by atoms with Gasteiger partial charge < -0.3 is 15.0 Å². The number of ether oxygens (including phenoxy) is 1. The number of carbonyl (C=O) groups is 1. The van der Waals surface area contributed by atoms with Crippen LogP contribution >= 0.6 is 0 Å². The van der Waals surface area contributed by atoms with Crippen molar-refractivity contribution < 1.29 is 9.53 Å². The molecule has 2 amide bonds. The third-order valence-electron chi connectivity index (χ3n) is 4.39. The fraction of sp³-hybridized carbons (Fsp3) is 0.200. The second-order valence-corrected chi connectivity index (χ2v) is 5.93. The van der Waals surface area contributed by atoms with Gasteiger partial charge in [0.15, 0.2) is 0 Å². The van der Waals surface area contributed by atoms with Gasteiger partial charge in [0.1, 0.15) is 5.75 Å². The average Bonchev–Trinajstić information content (AvgIpc) is 3.21. The van der Waals surface area contributed by atoms with E-state index in [2.05, 4.69) is 10.4 Å². The van der Waals surface area contributed by atoms with E-state index in [4.69, 9.17) is 4.74 Å². The van der Waals surface area contributed by atoms with Crippen molar-refractivity contribution in [1.29, 1.82) is 0 Å². The standard InChI is InChI=1S/C20H22N4O2/c1-15(16-9-4-7-12-19(16)26-3)23(2)20(25)22-17-10-5-6-11-18(17)24-14-8-13-21-24/h4-15H,1-3H3,(H,22,25). The summed E-state index contributed by atoms with van der Waals surface area (Å²) in [6.45, 7) is 1.97. The van der Waals surface area contributed by atoms with Gasteiger partial charge in [0.05, 0.1) is 24.5 Å². The molecule has 0 bridgehead atoms. The van der Waals surface area contributed by atoms with Crippen LogP contribution in [0.25, 0.3) is 5.69 Å². The monoisotopic (exact) mass is 350 g/mol. The second kappa shape index (κ2) is 7.74. The number of methoxy groups -OCH3 is 1. The molecular weight excluding hydrogens is 328 g/mol. The third kappa shape index (κ3) is 3.54. The first-order valence-corrected chi connectivity index (χ1v) is 8.37. The van der Waals surface area contributed by atoms with E-state index in [0.717, 1.165) is 17.0 Å². The SMILES string of the molecule is COc1ccccc1C(C)N(C)C(=O)Nc1ccccc1-n1cccn1. The molecule has 6 nitrogen and oxygen atoms in total. The molecule has 0 radical (unpaired) electrons. The zero-order valence-corrected chi connectivity index (χ0v) is 15.1. The summed E-state index contributed by atoms with van der Waals surface area (Å²) in [6.07, 6.45) is 3.54. The third-order valence-corrected chi connectivity index (χ3v) is 4.39. The molecule has 0 aliphatic heterocycles. The van der Waals surface area contributed by atoms with Gasteiger partial charge in [-0.15, -0.1) is 0 Å². The molecule has 3 aromatic rings. The summed E-state index contributed by atoms with van der Waals surface area (Å²) < 4.78 is 7.13. The molecule has 2 aromatic carbocycles. The highest BCUT2D eigenvalue weighted by Gasteiger charge is 2.21. The zero-order valence-electron chi connectivity index (χ0n) is 15.1. The Bertz CT molecular complexity index is 877. The fourth-order valence-electron chi connectivity index (χ4n) is 2.79. The van der Waals surface area contributed by atoms with Crippen LogP contribution in [-0.4, -0.2) is 34.9 Å². The van der Waals surface area contributed by atoms with Gasteiger partial charge >= 0.3 is 6.03 Å². The number of aromatic nitrogens is 2. The van der Waals surface area contributed by atoms with E-state index in [-0.39, 0.29) is 12.1 Å². The Morgan fingerprint density at radius 3 is 2.62 bits per heavy atom. The summed E-state index contributed by atoms with van der Waals surface area (Å²) in [6, 6.07) is 16.8. The first kappa shape index (κ1) is 17.5. The maximum absolute atomic E-state index is 12.8. The normalized spacial score (nSPS) is 11.7. The summed E-state index contributed by atoms with van der Waals surface area (Å²) >= 11 is 0. The van der Waals surface area contributed by atoms with Gasteiger partial charge in [-0.3, -0.25) is 0 Å². The molecule has 1 unspecified atom stereocenters. The highest BCUT2D eigenvalue weighted by Crippen LogP contribution is 2.29. The van der Waals surface area contributed by atoms with E-state index < -0.39 is 0 Å². The quantitative estimate of drug-likeness (QED) is 0.753. The van der Waals surface area contributed by atoms with Crippen molar-refractivity contribution in [3.05, 3.63) is 72.6 Å². The number of urea groups is 1. The molecule has 0 spiro atoms. The molecule has 0 fully saturated rings. The summed E-state index contributed by atoms with van der Waals surface area (Å²) in [5.74, 6) is 0.761. The summed E-state index contributed by atoms with van der Waals surface area (Å²) in [5.41, 5.74) is 2.46. The average molecular weight is 350 g/mol. The Morgan fingerprint density at radius 2 is 1.88 bits per heavy atom. The lowest BCUT2D eigenvalue weighted by Crippen LogP contribution is -2.34. The van der Waals surface area contributed by atoms with E-state index in [1.54, 1.807) is 29.9 Å². The van der Waals surface area contributed by atoms with Crippen LogP contribution in [0.15, 0.2) is 67.0 Å². The number of benzene rings is 2. The molecule has 26 heavy (non-hydrogen) atoms. The first-order valence-electron chi connectivity index (χ1n) is 8.37. The van der Waals surface area contributed by atoms with Gasteiger partial charge in [0, 0.05) is 25.0 Å². The van der Waals surface area contributed by atoms with E-state index in [9.17, 15) is 4.79 Å². The summed E-state index contributed by atoms with van der Waals surface area (Å²) in [7, 11) is 3.40. The Kier molecular flexibility index (Phi) is 5.22. The lowest BCUT2D eigenvalue weighted by molar-refractivity contribution is 0.207. The predicted molar refractivity (Wildman–Crippen MR) is 102 cm³/mol. The predicted octanol–water partition coefficient (Wildman–Crippen LogP) is 4.11. The topological polar surface area (TPSA) is 59.4 Å². The number of carbonyl (C=O) groups excluding carboxylic acids is 1. The van der Waals surface area contributed by atoms with Crippen LogP contribution in [-0.2, 0) is 0 Å². The molecule has 6 heteroatoms. The number of amides is 2. The van der Waals surface area contributed by atoms with Gasteiger partial charge in [-0.25, -0.2) is 9.48 Å². The Labute approximate surface area is 153 Å². The summed E-state index contributed by atoms with van der Waals surface area (Å²) in [5, 5.41) is 7.21. The highest BCUT2D eigenvalue weighted by molar-refractivity contribution is 5.91. The highest BCUT2D eigenvalue weighted by atomic mass is 16.5. The molecule has 1 heterocycles. The van der Waals surface area contributed by atoms with Crippen molar-refractivity contribution >= 4 is 11.7 Å². The molecule has 0 aliphatic rings. The number of nitrogens with one attached hydrogen (secondary N) is 1. The molecule has 0 saturated heterocycles. The van der Waals surface area contributed by atoms with Crippen molar-refractivity contribution in [2.75, 3.05) is 19.5 Å². The Hall–Kier alpha value is -3.28. The Balaban J connectivity index is 1.80. The first-order chi connectivity index (χ1) is 12.6. The van der Waals surface area contributed by atoms with Crippen molar-refractivity contribution in [1.82, 2.24) is 14.7 Å². The molecule has 1 aromatic heterocycles. The lowest BCUT2D eigenvalue weighted by Gasteiger charge is -2.27. The number of rotatable bonds is 5. The number of para-hydroxylation sites is 3. The van der Waals surface area contributed by atoms with Crippen molar-refractivity contribution in [2.24, 2.45) is 0 Å². The lowest BCUT2D eigenvalue weighted by atomic mass is 10.1. The number of hydrogen-bond donors (Lipinski definition) is 1. The van der Waals surface area contributed by atoms with Gasteiger partial charge in [-0.1, -0.05) is 30.3 Å².